The van der Waals surface area contributed by atoms with E-state index in [9.17, 15) is 9.90 Å². The Bertz CT molecular complexity index is 432. The molecular formula is C12H19N3O3. The molecule has 0 aromatic carbocycles. The highest BCUT2D eigenvalue weighted by molar-refractivity contribution is 5.75. The quantitative estimate of drug-likeness (QED) is 0.875. The fraction of sp³-hybridized carbons (Fsp3) is 0.750. The summed E-state index contributed by atoms with van der Waals surface area (Å²) < 4.78 is 4.67. The van der Waals surface area contributed by atoms with Crippen LogP contribution in [0.1, 0.15) is 37.6 Å². The predicted molar refractivity (Wildman–Crippen MR) is 63.9 cm³/mol. The van der Waals surface area contributed by atoms with Gasteiger partial charge in [-0.2, -0.15) is 0 Å². The molecule has 1 saturated heterocycles. The Morgan fingerprint density at radius 1 is 1.56 bits per heavy atom. The summed E-state index contributed by atoms with van der Waals surface area (Å²) in [5.74, 6) is -0.690. The van der Waals surface area contributed by atoms with Crippen LogP contribution in [-0.4, -0.2) is 39.4 Å². The SMILES string of the molecule is CCC1(C(=O)O)CCCN(Cc2nonc2C)C1. The molecule has 0 aliphatic carbocycles. The Labute approximate surface area is 106 Å². The van der Waals surface area contributed by atoms with Gasteiger partial charge in [-0.05, 0) is 32.7 Å². The zero-order chi connectivity index (χ0) is 13.2. The number of likely N-dealkylation sites (tertiary alicyclic amines) is 1. The van der Waals surface area contributed by atoms with Gasteiger partial charge in [0.15, 0.2) is 0 Å². The van der Waals surface area contributed by atoms with Crippen molar-refractivity contribution in [3.05, 3.63) is 11.4 Å². The van der Waals surface area contributed by atoms with Crippen LogP contribution in [0.15, 0.2) is 4.63 Å². The number of hydrogen-bond acceptors (Lipinski definition) is 5. The number of aryl methyl sites for hydroxylation is 1. The largest absolute Gasteiger partial charge is 0.481 e. The molecule has 0 amide bonds. The lowest BCUT2D eigenvalue weighted by Crippen LogP contribution is -2.47. The molecule has 1 aromatic heterocycles. The molecule has 2 rings (SSSR count). The number of carboxylic acid groups (broad SMARTS) is 1. The molecule has 1 atom stereocenters. The number of piperidine rings is 1. The van der Waals surface area contributed by atoms with Crippen molar-refractivity contribution in [2.45, 2.75) is 39.7 Å². The minimum Gasteiger partial charge on any atom is -0.481 e. The van der Waals surface area contributed by atoms with Gasteiger partial charge in [0.1, 0.15) is 11.4 Å². The number of aliphatic carboxylic acids is 1. The Hall–Kier alpha value is -1.43. The lowest BCUT2D eigenvalue weighted by atomic mass is 9.77. The average molecular weight is 253 g/mol. The Morgan fingerprint density at radius 3 is 2.89 bits per heavy atom. The first-order valence-electron chi connectivity index (χ1n) is 6.31. The third-order valence-electron chi connectivity index (χ3n) is 3.91. The minimum atomic E-state index is -0.690. The molecule has 1 N–H and O–H groups in total. The first-order chi connectivity index (χ1) is 8.57. The number of aromatic nitrogens is 2. The molecule has 0 bridgehead atoms. The third kappa shape index (κ3) is 2.38. The number of rotatable bonds is 4. The summed E-state index contributed by atoms with van der Waals surface area (Å²) in [5.41, 5.74) is 0.967. The molecule has 1 aliphatic rings. The van der Waals surface area contributed by atoms with E-state index < -0.39 is 11.4 Å². The number of carboxylic acids is 1. The zero-order valence-corrected chi connectivity index (χ0v) is 10.8. The van der Waals surface area contributed by atoms with Crippen molar-refractivity contribution < 1.29 is 14.5 Å². The number of carbonyl (C=O) groups is 1. The minimum absolute atomic E-state index is 0.575. The number of hydrogen-bond donors (Lipinski definition) is 1. The van der Waals surface area contributed by atoms with Crippen LogP contribution in [0.2, 0.25) is 0 Å². The van der Waals surface area contributed by atoms with E-state index in [0.717, 1.165) is 30.8 Å². The maximum atomic E-state index is 11.4. The van der Waals surface area contributed by atoms with Crippen LogP contribution >= 0.6 is 0 Å². The van der Waals surface area contributed by atoms with Crippen LogP contribution in [-0.2, 0) is 11.3 Å². The van der Waals surface area contributed by atoms with E-state index in [-0.39, 0.29) is 0 Å². The molecule has 6 nitrogen and oxygen atoms in total. The summed E-state index contributed by atoms with van der Waals surface area (Å²) in [5, 5.41) is 17.0. The lowest BCUT2D eigenvalue weighted by Gasteiger charge is -2.39. The second-order valence-electron chi connectivity index (χ2n) is 5.05. The van der Waals surface area contributed by atoms with Crippen LogP contribution in [0.25, 0.3) is 0 Å². The summed E-state index contributed by atoms with van der Waals surface area (Å²) in [7, 11) is 0. The Balaban J connectivity index is 2.07. The predicted octanol–water partition coefficient (Wildman–Crippen LogP) is 1.45. The van der Waals surface area contributed by atoms with Gasteiger partial charge in [0, 0.05) is 13.1 Å². The molecule has 1 unspecified atom stereocenters. The standard InChI is InChI=1S/C12H19N3O3/c1-3-12(11(16)17)5-4-6-15(8-12)7-10-9(2)13-18-14-10/h3-8H2,1-2H3,(H,16,17). The van der Waals surface area contributed by atoms with Crippen molar-refractivity contribution in [3.63, 3.8) is 0 Å². The van der Waals surface area contributed by atoms with Crippen LogP contribution in [0.3, 0.4) is 0 Å². The van der Waals surface area contributed by atoms with Gasteiger partial charge in [-0.25, -0.2) is 4.63 Å². The Kier molecular flexibility index (Phi) is 3.65. The van der Waals surface area contributed by atoms with E-state index in [1.165, 1.54) is 0 Å². The van der Waals surface area contributed by atoms with Crippen molar-refractivity contribution in [2.24, 2.45) is 5.41 Å². The first kappa shape index (κ1) is 13.0. The summed E-state index contributed by atoms with van der Waals surface area (Å²) in [6.07, 6.45) is 2.32. The van der Waals surface area contributed by atoms with E-state index in [1.54, 1.807) is 0 Å². The van der Waals surface area contributed by atoms with Crippen LogP contribution in [0, 0.1) is 12.3 Å². The molecular weight excluding hydrogens is 234 g/mol. The molecule has 6 heteroatoms. The van der Waals surface area contributed by atoms with E-state index in [1.807, 2.05) is 13.8 Å². The highest BCUT2D eigenvalue weighted by Crippen LogP contribution is 2.34. The zero-order valence-electron chi connectivity index (χ0n) is 10.8. The molecule has 0 spiro atoms. The van der Waals surface area contributed by atoms with Gasteiger partial charge >= 0.3 is 5.97 Å². The second-order valence-corrected chi connectivity index (χ2v) is 5.05. The van der Waals surface area contributed by atoms with Gasteiger partial charge in [-0.3, -0.25) is 9.69 Å². The topological polar surface area (TPSA) is 79.5 Å². The molecule has 100 valence electrons. The highest BCUT2D eigenvalue weighted by Gasteiger charge is 2.40. The normalized spacial score (nSPS) is 25.2. The van der Waals surface area contributed by atoms with Gasteiger partial charge in [0.2, 0.25) is 0 Å². The molecule has 0 saturated carbocycles. The molecule has 18 heavy (non-hydrogen) atoms. The van der Waals surface area contributed by atoms with Gasteiger partial charge in [0.25, 0.3) is 0 Å². The van der Waals surface area contributed by atoms with E-state index >= 15 is 0 Å². The third-order valence-corrected chi connectivity index (χ3v) is 3.91. The van der Waals surface area contributed by atoms with Gasteiger partial charge in [-0.15, -0.1) is 0 Å². The van der Waals surface area contributed by atoms with Crippen molar-refractivity contribution in [1.29, 1.82) is 0 Å². The van der Waals surface area contributed by atoms with E-state index in [0.29, 0.717) is 19.5 Å². The summed E-state index contributed by atoms with van der Waals surface area (Å²) >= 11 is 0. The van der Waals surface area contributed by atoms with Gasteiger partial charge in [0.05, 0.1) is 5.41 Å². The van der Waals surface area contributed by atoms with Gasteiger partial charge in [-0.1, -0.05) is 17.2 Å². The Morgan fingerprint density at radius 2 is 2.33 bits per heavy atom. The summed E-state index contributed by atoms with van der Waals surface area (Å²) in [4.78, 5) is 13.6. The summed E-state index contributed by atoms with van der Waals surface area (Å²) in [6.45, 7) is 5.89. The van der Waals surface area contributed by atoms with Crippen molar-refractivity contribution in [2.75, 3.05) is 13.1 Å². The average Bonchev–Trinajstić information content (AvgIpc) is 2.75. The highest BCUT2D eigenvalue weighted by atomic mass is 16.6. The van der Waals surface area contributed by atoms with Crippen molar-refractivity contribution in [1.82, 2.24) is 15.2 Å². The molecule has 1 fully saturated rings. The molecule has 1 aromatic rings. The fourth-order valence-corrected chi connectivity index (χ4v) is 2.58. The van der Waals surface area contributed by atoms with Crippen LogP contribution in [0.5, 0.6) is 0 Å². The van der Waals surface area contributed by atoms with Crippen molar-refractivity contribution in [3.8, 4) is 0 Å². The molecule has 1 aliphatic heterocycles. The lowest BCUT2D eigenvalue weighted by molar-refractivity contribution is -0.153. The van der Waals surface area contributed by atoms with Crippen molar-refractivity contribution >= 4 is 5.97 Å². The smallest absolute Gasteiger partial charge is 0.310 e. The first-order valence-corrected chi connectivity index (χ1v) is 6.31. The monoisotopic (exact) mass is 253 g/mol. The molecule has 0 radical (unpaired) electrons. The summed E-state index contributed by atoms with van der Waals surface area (Å²) in [6, 6.07) is 0. The maximum Gasteiger partial charge on any atom is 0.310 e. The maximum absolute atomic E-state index is 11.4. The van der Waals surface area contributed by atoms with E-state index in [4.69, 9.17) is 0 Å². The van der Waals surface area contributed by atoms with E-state index in [2.05, 4.69) is 19.8 Å². The second kappa shape index (κ2) is 5.06. The van der Waals surface area contributed by atoms with Crippen LogP contribution < -0.4 is 0 Å². The number of nitrogens with zero attached hydrogens (tertiary/aromatic N) is 3. The van der Waals surface area contributed by atoms with Gasteiger partial charge < -0.3 is 5.11 Å². The fourth-order valence-electron chi connectivity index (χ4n) is 2.58. The van der Waals surface area contributed by atoms with Crippen LogP contribution in [0.4, 0.5) is 0 Å². The molecule has 2 heterocycles.